The summed E-state index contributed by atoms with van der Waals surface area (Å²) < 4.78 is 33.1. The van der Waals surface area contributed by atoms with E-state index in [9.17, 15) is 13.5 Å². The minimum atomic E-state index is -3.48. The molecule has 1 aliphatic rings. The third-order valence-corrected chi connectivity index (χ3v) is 6.76. The summed E-state index contributed by atoms with van der Waals surface area (Å²) in [5.74, 6) is 0.588. The van der Waals surface area contributed by atoms with Crippen molar-refractivity contribution in [2.45, 2.75) is 18.9 Å². The van der Waals surface area contributed by atoms with Crippen molar-refractivity contribution in [1.82, 2.24) is 20.2 Å². The Kier molecular flexibility index (Phi) is 6.42. The highest BCUT2D eigenvalue weighted by Crippen LogP contribution is 2.38. The van der Waals surface area contributed by atoms with Crippen LogP contribution >= 0.6 is 0 Å². The number of nitrogens with two attached hydrogens (primary N) is 1. The Morgan fingerprint density at radius 1 is 1.22 bits per heavy atom. The molecule has 170 valence electrons. The van der Waals surface area contributed by atoms with Crippen LogP contribution in [0.25, 0.3) is 22.8 Å². The van der Waals surface area contributed by atoms with Gasteiger partial charge in [0.05, 0.1) is 18.0 Å². The van der Waals surface area contributed by atoms with Gasteiger partial charge in [0.15, 0.2) is 0 Å². The van der Waals surface area contributed by atoms with Gasteiger partial charge >= 0.3 is 0 Å². The van der Waals surface area contributed by atoms with E-state index in [0.29, 0.717) is 30.8 Å². The van der Waals surface area contributed by atoms with E-state index in [2.05, 4.69) is 20.2 Å². The highest BCUT2D eigenvalue weighted by molar-refractivity contribution is 7.89. The molecule has 0 spiro atoms. The van der Waals surface area contributed by atoms with Crippen molar-refractivity contribution in [2.24, 2.45) is 0 Å². The van der Waals surface area contributed by atoms with E-state index in [1.54, 1.807) is 12.1 Å². The number of sulfonamides is 1. The molecule has 0 saturated carbocycles. The minimum absolute atomic E-state index is 0.0213. The van der Waals surface area contributed by atoms with Crippen LogP contribution in [0.5, 0.6) is 5.75 Å². The Balaban J connectivity index is 1.54. The number of hydrogen-bond acceptors (Lipinski definition) is 9. The van der Waals surface area contributed by atoms with Crippen molar-refractivity contribution in [3.8, 4) is 28.6 Å². The summed E-state index contributed by atoms with van der Waals surface area (Å²) in [6.45, 7) is 0.585. The molecule has 0 aliphatic heterocycles. The molecule has 1 atom stereocenters. The Hall–Kier alpha value is -2.99. The van der Waals surface area contributed by atoms with E-state index in [-0.39, 0.29) is 42.3 Å². The average Bonchev–Trinajstić information content (AvgIpc) is 3.41. The molecule has 32 heavy (non-hydrogen) atoms. The molecule has 0 unspecified atom stereocenters. The maximum atomic E-state index is 12.4. The highest BCUT2D eigenvalue weighted by atomic mass is 32.2. The van der Waals surface area contributed by atoms with Crippen molar-refractivity contribution in [2.75, 3.05) is 31.2 Å². The number of hydrogen-bond donors (Lipinski definition) is 5. The lowest BCUT2D eigenvalue weighted by Crippen LogP contribution is -2.34. The van der Waals surface area contributed by atoms with Crippen LogP contribution in [0.4, 0.5) is 5.69 Å². The molecule has 3 aromatic rings. The van der Waals surface area contributed by atoms with Gasteiger partial charge in [-0.05, 0) is 42.2 Å². The first-order valence-corrected chi connectivity index (χ1v) is 11.9. The quantitative estimate of drug-likeness (QED) is 0.179. The number of benzene rings is 2. The van der Waals surface area contributed by atoms with Crippen LogP contribution in [0, 0.1) is 0 Å². The van der Waals surface area contributed by atoms with Gasteiger partial charge in [-0.1, -0.05) is 23.4 Å². The molecular weight excluding hydrogens is 434 g/mol. The molecule has 11 heteroatoms. The topological polar surface area (TPSA) is 164 Å². The van der Waals surface area contributed by atoms with Gasteiger partial charge in [0.25, 0.3) is 5.89 Å². The number of aromatic nitrogens is 2. The van der Waals surface area contributed by atoms with Gasteiger partial charge in [-0.3, -0.25) is 0 Å². The fraction of sp³-hybridized carbons (Fsp3) is 0.333. The lowest BCUT2D eigenvalue weighted by Gasteiger charge is -2.15. The van der Waals surface area contributed by atoms with E-state index >= 15 is 0 Å². The number of anilines is 1. The fourth-order valence-corrected chi connectivity index (χ4v) is 5.02. The average molecular weight is 460 g/mol. The van der Waals surface area contributed by atoms with Crippen molar-refractivity contribution in [1.29, 1.82) is 0 Å². The van der Waals surface area contributed by atoms with Gasteiger partial charge in [0, 0.05) is 30.3 Å². The van der Waals surface area contributed by atoms with Crippen molar-refractivity contribution < 1.29 is 23.2 Å². The summed E-state index contributed by atoms with van der Waals surface area (Å²) in [4.78, 5) is 4.47. The normalized spacial score (nSPS) is 15.7. The third kappa shape index (κ3) is 4.75. The largest absolute Gasteiger partial charge is 0.506 e. The first-order chi connectivity index (χ1) is 15.4. The Labute approximate surface area is 185 Å². The number of fused-ring (bicyclic) bond motifs is 1. The van der Waals surface area contributed by atoms with Crippen LogP contribution in [0.15, 0.2) is 40.9 Å². The smallest absolute Gasteiger partial charge is 0.258 e. The zero-order valence-electron chi connectivity index (χ0n) is 17.3. The molecule has 0 amide bonds. The number of aliphatic hydroxyl groups is 1. The lowest BCUT2D eigenvalue weighted by atomic mass is 10.0. The molecule has 4 rings (SSSR count). The van der Waals surface area contributed by atoms with E-state index in [1.165, 1.54) is 6.07 Å². The van der Waals surface area contributed by atoms with E-state index in [0.717, 1.165) is 16.7 Å². The standard InChI is InChI=1S/C21H25N5O5S/c22-17-12-13(4-7-19(17)28)21-24-20(25-31-21)16-3-1-2-15-14(16)5-6-18(15)26-32(29,30)11-9-23-8-10-27/h1-4,7,12,18,23,26-28H,5-6,8-11,22H2/t18-/m0/s1. The second-order valence-corrected chi connectivity index (χ2v) is 9.45. The van der Waals surface area contributed by atoms with Crippen LogP contribution in [-0.4, -0.2) is 54.2 Å². The summed E-state index contributed by atoms with van der Waals surface area (Å²) in [7, 11) is -3.48. The van der Waals surface area contributed by atoms with Gasteiger partial charge in [-0.15, -0.1) is 0 Å². The van der Waals surface area contributed by atoms with E-state index in [4.69, 9.17) is 15.4 Å². The molecule has 0 radical (unpaired) electrons. The van der Waals surface area contributed by atoms with Crippen molar-refractivity contribution in [3.63, 3.8) is 0 Å². The van der Waals surface area contributed by atoms with Crippen LogP contribution < -0.4 is 15.8 Å². The zero-order chi connectivity index (χ0) is 22.7. The lowest BCUT2D eigenvalue weighted by molar-refractivity contribution is 0.293. The van der Waals surface area contributed by atoms with Crippen LogP contribution in [0.3, 0.4) is 0 Å². The predicted molar refractivity (Wildman–Crippen MR) is 119 cm³/mol. The van der Waals surface area contributed by atoms with Gasteiger partial charge < -0.3 is 25.8 Å². The minimum Gasteiger partial charge on any atom is -0.506 e. The SMILES string of the molecule is Nc1cc(-c2nc(-c3cccc4c3CC[C@@H]4NS(=O)(=O)CCNCCO)no2)ccc1O. The molecule has 0 bridgehead atoms. The zero-order valence-corrected chi connectivity index (χ0v) is 18.1. The third-order valence-electron chi connectivity index (χ3n) is 5.37. The number of phenolic OH excluding ortho intramolecular Hbond substituents is 1. The predicted octanol–water partition coefficient (Wildman–Crippen LogP) is 1.18. The molecule has 0 saturated heterocycles. The summed E-state index contributed by atoms with van der Waals surface area (Å²) in [5.41, 5.74) is 9.22. The molecule has 0 fully saturated rings. The monoisotopic (exact) mass is 459 g/mol. The summed E-state index contributed by atoms with van der Waals surface area (Å²) in [5, 5.41) is 25.4. The molecule has 2 aromatic carbocycles. The maximum absolute atomic E-state index is 12.4. The number of nitrogens with zero attached hydrogens (tertiary/aromatic N) is 2. The maximum Gasteiger partial charge on any atom is 0.258 e. The second-order valence-electron chi connectivity index (χ2n) is 7.57. The Bertz CT molecular complexity index is 1210. The van der Waals surface area contributed by atoms with Gasteiger partial charge in [-0.2, -0.15) is 4.98 Å². The van der Waals surface area contributed by atoms with Crippen molar-refractivity contribution in [3.05, 3.63) is 47.5 Å². The molecule has 1 heterocycles. The highest BCUT2D eigenvalue weighted by Gasteiger charge is 2.29. The number of aliphatic hydroxyl groups excluding tert-OH is 1. The van der Waals surface area contributed by atoms with E-state index < -0.39 is 10.0 Å². The first kappa shape index (κ1) is 22.2. The van der Waals surface area contributed by atoms with Crippen LogP contribution in [-0.2, 0) is 16.4 Å². The summed E-state index contributed by atoms with van der Waals surface area (Å²) >= 11 is 0. The first-order valence-electron chi connectivity index (χ1n) is 10.2. The Morgan fingerprint density at radius 3 is 2.84 bits per heavy atom. The summed E-state index contributed by atoms with van der Waals surface area (Å²) in [6.07, 6.45) is 1.31. The second kappa shape index (κ2) is 9.25. The molecule has 6 N–H and O–H groups in total. The number of nitrogens with one attached hydrogen (secondary N) is 2. The molecule has 1 aliphatic carbocycles. The number of rotatable bonds is 9. The Morgan fingerprint density at radius 2 is 2.06 bits per heavy atom. The molecular formula is C21H25N5O5S. The van der Waals surface area contributed by atoms with Crippen LogP contribution in [0.1, 0.15) is 23.6 Å². The van der Waals surface area contributed by atoms with Gasteiger partial charge in [0.2, 0.25) is 15.8 Å². The van der Waals surface area contributed by atoms with Gasteiger partial charge in [-0.25, -0.2) is 13.1 Å². The van der Waals surface area contributed by atoms with Crippen molar-refractivity contribution >= 4 is 15.7 Å². The van der Waals surface area contributed by atoms with Crippen LogP contribution in [0.2, 0.25) is 0 Å². The molecule has 1 aromatic heterocycles. The number of aromatic hydroxyl groups is 1. The number of phenols is 1. The molecule has 10 nitrogen and oxygen atoms in total. The van der Waals surface area contributed by atoms with Gasteiger partial charge in [0.1, 0.15) is 5.75 Å². The van der Waals surface area contributed by atoms with E-state index in [1.807, 2.05) is 18.2 Å². The fourth-order valence-electron chi connectivity index (χ4n) is 3.81. The summed E-state index contributed by atoms with van der Waals surface area (Å²) in [6, 6.07) is 9.97. The number of nitrogen functional groups attached to an aromatic ring is 1.